The molecule has 4 nitrogen and oxygen atoms in total. The summed E-state index contributed by atoms with van der Waals surface area (Å²) in [6.45, 7) is 2.38. The Bertz CT molecular complexity index is 500. The summed E-state index contributed by atoms with van der Waals surface area (Å²) in [5.74, 6) is 0.700. The van der Waals surface area contributed by atoms with Gasteiger partial charge in [0.05, 0.1) is 19.4 Å². The molecule has 0 bridgehead atoms. The number of ether oxygens (including phenoxy) is 1. The fourth-order valence-corrected chi connectivity index (χ4v) is 1.66. The Balaban J connectivity index is 1.96. The van der Waals surface area contributed by atoms with Crippen molar-refractivity contribution in [3.8, 4) is 5.75 Å². The molecule has 1 N–H and O–H groups in total. The second kappa shape index (κ2) is 6.02. The van der Waals surface area contributed by atoms with Crippen molar-refractivity contribution in [2.24, 2.45) is 0 Å². The van der Waals surface area contributed by atoms with E-state index in [9.17, 15) is 0 Å². The molecular formula is C14H16N2O2. The zero-order chi connectivity index (χ0) is 12.8. The molecule has 0 saturated carbocycles. The third kappa shape index (κ3) is 2.99. The molecule has 0 unspecified atom stereocenters. The van der Waals surface area contributed by atoms with Crippen LogP contribution in [0, 0.1) is 6.92 Å². The van der Waals surface area contributed by atoms with Gasteiger partial charge in [-0.3, -0.25) is 15.3 Å². The lowest BCUT2D eigenvalue weighted by Crippen LogP contribution is -2.04. The van der Waals surface area contributed by atoms with Gasteiger partial charge in [-0.05, 0) is 18.6 Å². The van der Waals surface area contributed by atoms with Gasteiger partial charge in [0.25, 0.3) is 0 Å². The third-order valence-electron chi connectivity index (χ3n) is 2.55. The van der Waals surface area contributed by atoms with E-state index in [0.717, 1.165) is 16.9 Å². The van der Waals surface area contributed by atoms with E-state index in [1.807, 2.05) is 43.3 Å². The third-order valence-corrected chi connectivity index (χ3v) is 2.55. The fraction of sp³-hybridized carbons (Fsp3) is 0.214. The Labute approximate surface area is 107 Å². The van der Waals surface area contributed by atoms with Gasteiger partial charge in [0.15, 0.2) is 5.75 Å². The van der Waals surface area contributed by atoms with Gasteiger partial charge in [-0.1, -0.05) is 30.3 Å². The van der Waals surface area contributed by atoms with Gasteiger partial charge in [0.2, 0.25) is 0 Å². The van der Waals surface area contributed by atoms with Crippen LogP contribution < -0.4 is 10.2 Å². The topological polar surface area (TPSA) is 43.4 Å². The highest BCUT2D eigenvalue weighted by Gasteiger charge is 2.06. The molecule has 1 aromatic carbocycles. The number of benzene rings is 1. The van der Waals surface area contributed by atoms with Gasteiger partial charge < -0.3 is 4.74 Å². The van der Waals surface area contributed by atoms with Crippen LogP contribution in [0.3, 0.4) is 0 Å². The van der Waals surface area contributed by atoms with Crippen LogP contribution in [0.15, 0.2) is 42.6 Å². The number of anilines is 1. The molecule has 0 amide bonds. The summed E-state index contributed by atoms with van der Waals surface area (Å²) in [5, 5.41) is 0. The van der Waals surface area contributed by atoms with E-state index in [1.54, 1.807) is 13.3 Å². The summed E-state index contributed by atoms with van der Waals surface area (Å²) in [6, 6.07) is 11.8. The van der Waals surface area contributed by atoms with Crippen LogP contribution in [0.25, 0.3) is 0 Å². The van der Waals surface area contributed by atoms with Crippen LogP contribution in [0.4, 0.5) is 5.69 Å². The molecule has 2 rings (SSSR count). The number of nitrogens with zero attached hydrogens (tertiary/aromatic N) is 1. The first-order valence-electron chi connectivity index (χ1n) is 5.72. The minimum atomic E-state index is 0.491. The van der Waals surface area contributed by atoms with Crippen LogP contribution in [0.2, 0.25) is 0 Å². The van der Waals surface area contributed by atoms with Crippen LogP contribution >= 0.6 is 0 Å². The zero-order valence-electron chi connectivity index (χ0n) is 10.5. The largest absolute Gasteiger partial charge is 0.493 e. The highest BCUT2D eigenvalue weighted by molar-refractivity contribution is 5.56. The summed E-state index contributed by atoms with van der Waals surface area (Å²) in [7, 11) is 1.62. The molecule has 0 aliphatic rings. The summed E-state index contributed by atoms with van der Waals surface area (Å²) in [4.78, 5) is 9.60. The van der Waals surface area contributed by atoms with Gasteiger partial charge in [-0.2, -0.15) is 0 Å². The molecule has 0 radical (unpaired) electrons. The number of nitrogens with one attached hydrogen (secondary N) is 1. The van der Waals surface area contributed by atoms with E-state index >= 15 is 0 Å². The highest BCUT2D eigenvalue weighted by atomic mass is 16.6. The Morgan fingerprint density at radius 3 is 2.67 bits per heavy atom. The minimum Gasteiger partial charge on any atom is -0.493 e. The molecule has 0 fully saturated rings. The molecule has 0 saturated heterocycles. The maximum Gasteiger partial charge on any atom is 0.165 e. The van der Waals surface area contributed by atoms with Crippen LogP contribution in [-0.4, -0.2) is 12.1 Å². The number of methoxy groups -OCH3 is 1. The van der Waals surface area contributed by atoms with Gasteiger partial charge in [-0.25, -0.2) is 0 Å². The van der Waals surface area contributed by atoms with E-state index in [1.165, 1.54) is 0 Å². The lowest BCUT2D eigenvalue weighted by Gasteiger charge is -2.12. The molecule has 0 spiro atoms. The van der Waals surface area contributed by atoms with Crippen molar-refractivity contribution in [3.05, 3.63) is 53.9 Å². The minimum absolute atomic E-state index is 0.491. The molecular weight excluding hydrogens is 228 g/mol. The van der Waals surface area contributed by atoms with Gasteiger partial charge in [-0.15, -0.1) is 0 Å². The molecule has 2 aromatic rings. The standard InChI is InChI=1S/C14H16N2O2/c1-11-14(17-2)13(8-9-15-11)16-18-10-12-6-4-3-5-7-12/h3-9H,10H2,1-2H3,(H,15,16). The number of pyridine rings is 1. The summed E-state index contributed by atoms with van der Waals surface area (Å²) >= 11 is 0. The molecule has 0 aliphatic heterocycles. The number of aromatic nitrogens is 1. The van der Waals surface area contributed by atoms with Crippen molar-refractivity contribution in [1.82, 2.24) is 4.98 Å². The van der Waals surface area contributed by atoms with Crippen LogP contribution in [-0.2, 0) is 11.4 Å². The predicted molar refractivity (Wildman–Crippen MR) is 70.4 cm³/mol. The zero-order valence-corrected chi connectivity index (χ0v) is 10.5. The maximum atomic E-state index is 5.45. The SMILES string of the molecule is COc1c(NOCc2ccccc2)ccnc1C. The molecule has 1 heterocycles. The first-order valence-corrected chi connectivity index (χ1v) is 5.72. The first kappa shape index (κ1) is 12.4. The van der Waals surface area contributed by atoms with Crippen molar-refractivity contribution in [1.29, 1.82) is 0 Å². The molecule has 4 heteroatoms. The van der Waals surface area contributed by atoms with Crippen molar-refractivity contribution < 1.29 is 9.57 Å². The van der Waals surface area contributed by atoms with E-state index in [-0.39, 0.29) is 0 Å². The van der Waals surface area contributed by atoms with Crippen molar-refractivity contribution >= 4 is 5.69 Å². The number of hydrogen-bond acceptors (Lipinski definition) is 4. The van der Waals surface area contributed by atoms with Crippen LogP contribution in [0.1, 0.15) is 11.3 Å². The summed E-state index contributed by atoms with van der Waals surface area (Å²) in [6.07, 6.45) is 1.71. The van der Waals surface area contributed by atoms with Gasteiger partial charge in [0.1, 0.15) is 5.69 Å². The van der Waals surface area contributed by atoms with E-state index in [0.29, 0.717) is 12.4 Å². The lowest BCUT2D eigenvalue weighted by molar-refractivity contribution is 0.179. The Hall–Kier alpha value is -2.07. The van der Waals surface area contributed by atoms with Gasteiger partial charge in [0, 0.05) is 6.20 Å². The van der Waals surface area contributed by atoms with E-state index in [2.05, 4.69) is 10.5 Å². The maximum absolute atomic E-state index is 5.45. The second-order valence-electron chi connectivity index (χ2n) is 3.85. The molecule has 0 aliphatic carbocycles. The average molecular weight is 244 g/mol. The summed E-state index contributed by atoms with van der Waals surface area (Å²) < 4.78 is 5.27. The summed E-state index contributed by atoms with van der Waals surface area (Å²) in [5.41, 5.74) is 5.60. The highest BCUT2D eigenvalue weighted by Crippen LogP contribution is 2.26. The second-order valence-corrected chi connectivity index (χ2v) is 3.85. The molecule has 0 atom stereocenters. The Kier molecular flexibility index (Phi) is 4.15. The molecule has 1 aromatic heterocycles. The Morgan fingerprint density at radius 1 is 1.17 bits per heavy atom. The van der Waals surface area contributed by atoms with Crippen molar-refractivity contribution in [2.75, 3.05) is 12.6 Å². The van der Waals surface area contributed by atoms with E-state index < -0.39 is 0 Å². The monoisotopic (exact) mass is 244 g/mol. The average Bonchev–Trinajstić information content (AvgIpc) is 2.40. The van der Waals surface area contributed by atoms with Crippen LogP contribution in [0.5, 0.6) is 5.75 Å². The number of hydrogen-bond donors (Lipinski definition) is 1. The lowest BCUT2D eigenvalue weighted by atomic mass is 10.2. The fourth-order valence-electron chi connectivity index (χ4n) is 1.66. The van der Waals surface area contributed by atoms with E-state index in [4.69, 9.17) is 9.57 Å². The quantitative estimate of drug-likeness (QED) is 0.821. The van der Waals surface area contributed by atoms with Crippen molar-refractivity contribution in [3.63, 3.8) is 0 Å². The van der Waals surface area contributed by atoms with Crippen molar-refractivity contribution in [2.45, 2.75) is 13.5 Å². The first-order chi connectivity index (χ1) is 8.81. The number of aryl methyl sites for hydroxylation is 1. The van der Waals surface area contributed by atoms with Gasteiger partial charge >= 0.3 is 0 Å². The smallest absolute Gasteiger partial charge is 0.165 e. The predicted octanol–water partition coefficient (Wildman–Crippen LogP) is 2.94. The Morgan fingerprint density at radius 2 is 1.94 bits per heavy atom. The molecule has 94 valence electrons. The normalized spacial score (nSPS) is 10.1. The number of rotatable bonds is 5. The molecule has 18 heavy (non-hydrogen) atoms.